The van der Waals surface area contributed by atoms with E-state index in [0.29, 0.717) is 31.0 Å². The molecule has 1 aromatic heterocycles. The Morgan fingerprint density at radius 1 is 1.36 bits per heavy atom. The summed E-state index contributed by atoms with van der Waals surface area (Å²) in [6.07, 6.45) is 4.56. The molecule has 0 aliphatic heterocycles. The van der Waals surface area contributed by atoms with Crippen LogP contribution in [0.4, 0.5) is 0 Å². The standard InChI is InChI=1S/C15H20ClN3O3/c1-9-13(16)10(2)19(18-9)8-7-17-14(20)11-5-3-4-6-12(11)15(21)22/h3-4,11-12H,5-8H2,1-2H3,(H,17,20)(H,21,22)/t11-,12-/m0/s1. The lowest BCUT2D eigenvalue weighted by molar-refractivity contribution is -0.147. The first-order valence-corrected chi connectivity index (χ1v) is 7.64. The van der Waals surface area contributed by atoms with Gasteiger partial charge in [-0.3, -0.25) is 14.3 Å². The van der Waals surface area contributed by atoms with Gasteiger partial charge >= 0.3 is 5.97 Å². The number of aromatic nitrogens is 2. The largest absolute Gasteiger partial charge is 0.481 e. The summed E-state index contributed by atoms with van der Waals surface area (Å²) in [5, 5.41) is 16.9. The molecule has 1 aromatic rings. The van der Waals surface area contributed by atoms with Crippen molar-refractivity contribution in [2.24, 2.45) is 11.8 Å². The van der Waals surface area contributed by atoms with Gasteiger partial charge in [0, 0.05) is 6.54 Å². The minimum Gasteiger partial charge on any atom is -0.481 e. The Morgan fingerprint density at radius 2 is 2.00 bits per heavy atom. The highest BCUT2D eigenvalue weighted by molar-refractivity contribution is 6.31. The fourth-order valence-corrected chi connectivity index (χ4v) is 2.82. The Kier molecular flexibility index (Phi) is 5.24. The second-order valence-corrected chi connectivity index (χ2v) is 5.87. The normalized spacial score (nSPS) is 20.9. The van der Waals surface area contributed by atoms with E-state index in [2.05, 4.69) is 10.4 Å². The zero-order valence-electron chi connectivity index (χ0n) is 12.7. The van der Waals surface area contributed by atoms with Crippen molar-refractivity contribution in [3.05, 3.63) is 28.6 Å². The summed E-state index contributed by atoms with van der Waals surface area (Å²) >= 11 is 6.07. The SMILES string of the molecule is Cc1nn(CCNC(=O)[C@H]2CC=CC[C@@H]2C(=O)O)c(C)c1Cl. The van der Waals surface area contributed by atoms with E-state index in [1.165, 1.54) is 0 Å². The molecule has 2 N–H and O–H groups in total. The van der Waals surface area contributed by atoms with Gasteiger partial charge in [-0.25, -0.2) is 0 Å². The van der Waals surface area contributed by atoms with Gasteiger partial charge in [0.25, 0.3) is 0 Å². The van der Waals surface area contributed by atoms with Gasteiger partial charge in [0.1, 0.15) is 0 Å². The third-order valence-corrected chi connectivity index (χ3v) is 4.55. The van der Waals surface area contributed by atoms with E-state index in [-0.39, 0.29) is 5.91 Å². The molecule has 0 saturated heterocycles. The lowest BCUT2D eigenvalue weighted by Gasteiger charge is -2.24. The van der Waals surface area contributed by atoms with E-state index in [1.807, 2.05) is 26.0 Å². The summed E-state index contributed by atoms with van der Waals surface area (Å²) < 4.78 is 1.74. The minimum absolute atomic E-state index is 0.218. The van der Waals surface area contributed by atoms with E-state index >= 15 is 0 Å². The molecule has 6 nitrogen and oxygen atoms in total. The van der Waals surface area contributed by atoms with Crippen LogP contribution in [0.2, 0.25) is 5.02 Å². The zero-order chi connectivity index (χ0) is 16.3. The van der Waals surface area contributed by atoms with Crippen LogP contribution >= 0.6 is 11.6 Å². The predicted molar refractivity (Wildman–Crippen MR) is 82.7 cm³/mol. The Morgan fingerprint density at radius 3 is 2.55 bits per heavy atom. The molecule has 22 heavy (non-hydrogen) atoms. The number of carboxylic acids is 1. The van der Waals surface area contributed by atoms with Crippen LogP contribution < -0.4 is 5.32 Å². The quantitative estimate of drug-likeness (QED) is 0.810. The van der Waals surface area contributed by atoms with Crippen molar-refractivity contribution in [2.45, 2.75) is 33.2 Å². The van der Waals surface area contributed by atoms with E-state index in [1.54, 1.807) is 4.68 Å². The molecule has 0 spiro atoms. The van der Waals surface area contributed by atoms with Gasteiger partial charge in [0.15, 0.2) is 0 Å². The Balaban J connectivity index is 1.91. The Bertz CT molecular complexity index is 609. The zero-order valence-corrected chi connectivity index (χ0v) is 13.4. The second kappa shape index (κ2) is 6.96. The first-order valence-electron chi connectivity index (χ1n) is 7.26. The molecule has 0 fully saturated rings. The Hall–Kier alpha value is -1.82. The van der Waals surface area contributed by atoms with Crippen LogP contribution in [0.3, 0.4) is 0 Å². The number of nitrogens with zero attached hydrogens (tertiary/aromatic N) is 2. The lowest BCUT2D eigenvalue weighted by atomic mass is 9.82. The molecule has 2 rings (SSSR count). The molecular weight excluding hydrogens is 306 g/mol. The van der Waals surface area contributed by atoms with Crippen LogP contribution in [0.5, 0.6) is 0 Å². The van der Waals surface area contributed by atoms with Gasteiger partial charge < -0.3 is 10.4 Å². The van der Waals surface area contributed by atoms with Gasteiger partial charge in [-0.2, -0.15) is 5.10 Å². The van der Waals surface area contributed by atoms with Crippen molar-refractivity contribution in [1.82, 2.24) is 15.1 Å². The molecule has 0 unspecified atom stereocenters. The monoisotopic (exact) mass is 325 g/mol. The van der Waals surface area contributed by atoms with Crippen LogP contribution in [0, 0.1) is 25.7 Å². The van der Waals surface area contributed by atoms with Crippen LogP contribution in [0.25, 0.3) is 0 Å². The molecule has 0 bridgehead atoms. The number of nitrogens with one attached hydrogen (secondary N) is 1. The number of halogens is 1. The van der Waals surface area contributed by atoms with Crippen LogP contribution in [-0.2, 0) is 16.1 Å². The van der Waals surface area contributed by atoms with Gasteiger partial charge in [-0.1, -0.05) is 23.8 Å². The molecule has 1 amide bonds. The summed E-state index contributed by atoms with van der Waals surface area (Å²) in [7, 11) is 0. The number of carboxylic acid groups (broad SMARTS) is 1. The van der Waals surface area contributed by atoms with Crippen molar-refractivity contribution < 1.29 is 14.7 Å². The minimum atomic E-state index is -0.921. The highest BCUT2D eigenvalue weighted by Crippen LogP contribution is 2.26. The molecule has 1 heterocycles. The third kappa shape index (κ3) is 3.50. The highest BCUT2D eigenvalue weighted by atomic mass is 35.5. The number of carbonyl (C=O) groups excluding carboxylic acids is 1. The number of allylic oxidation sites excluding steroid dienone is 2. The summed E-state index contributed by atoms with van der Waals surface area (Å²) in [5.41, 5.74) is 1.62. The predicted octanol–water partition coefficient (Wildman–Crippen LogP) is 1.94. The molecule has 0 radical (unpaired) electrons. The van der Waals surface area contributed by atoms with E-state index < -0.39 is 17.8 Å². The molecule has 1 aliphatic carbocycles. The Labute approximate surface area is 134 Å². The third-order valence-electron chi connectivity index (χ3n) is 4.00. The lowest BCUT2D eigenvalue weighted by Crippen LogP contribution is -2.40. The molecule has 1 aliphatic rings. The average molecular weight is 326 g/mol. The van der Waals surface area contributed by atoms with E-state index in [0.717, 1.165) is 11.4 Å². The maximum Gasteiger partial charge on any atom is 0.307 e. The molecule has 120 valence electrons. The number of hydrogen-bond acceptors (Lipinski definition) is 3. The van der Waals surface area contributed by atoms with Crippen molar-refractivity contribution in [3.63, 3.8) is 0 Å². The van der Waals surface area contributed by atoms with E-state index in [4.69, 9.17) is 11.6 Å². The maximum absolute atomic E-state index is 12.2. The topological polar surface area (TPSA) is 84.2 Å². The van der Waals surface area contributed by atoms with Gasteiger partial charge in [0.2, 0.25) is 5.91 Å². The first kappa shape index (κ1) is 16.5. The van der Waals surface area contributed by atoms with Crippen LogP contribution in [-0.4, -0.2) is 33.3 Å². The molecule has 2 atom stereocenters. The van der Waals surface area contributed by atoms with Crippen LogP contribution in [0.15, 0.2) is 12.2 Å². The van der Waals surface area contributed by atoms with E-state index in [9.17, 15) is 14.7 Å². The first-order chi connectivity index (χ1) is 10.4. The number of amides is 1. The van der Waals surface area contributed by atoms with Crippen molar-refractivity contribution >= 4 is 23.5 Å². The second-order valence-electron chi connectivity index (χ2n) is 5.49. The average Bonchev–Trinajstić information content (AvgIpc) is 2.74. The van der Waals surface area contributed by atoms with Crippen molar-refractivity contribution in [2.75, 3.05) is 6.54 Å². The van der Waals surface area contributed by atoms with Crippen molar-refractivity contribution in [3.8, 4) is 0 Å². The fourth-order valence-electron chi connectivity index (χ4n) is 2.69. The summed E-state index contributed by atoms with van der Waals surface area (Å²) in [6.45, 7) is 4.60. The number of hydrogen-bond donors (Lipinski definition) is 2. The molecule has 0 aromatic carbocycles. The molecular formula is C15H20ClN3O3. The summed E-state index contributed by atoms with van der Waals surface area (Å²) in [4.78, 5) is 23.4. The van der Waals surface area contributed by atoms with Gasteiger partial charge in [-0.15, -0.1) is 0 Å². The smallest absolute Gasteiger partial charge is 0.307 e. The number of aryl methyl sites for hydroxylation is 1. The van der Waals surface area contributed by atoms with Crippen LogP contribution in [0.1, 0.15) is 24.2 Å². The molecule has 7 heteroatoms. The van der Waals surface area contributed by atoms with Gasteiger partial charge in [0.05, 0.1) is 34.8 Å². The number of carbonyl (C=O) groups is 2. The fraction of sp³-hybridized carbons (Fsp3) is 0.533. The highest BCUT2D eigenvalue weighted by Gasteiger charge is 2.33. The maximum atomic E-state index is 12.2. The summed E-state index contributed by atoms with van der Waals surface area (Å²) in [5.74, 6) is -2.29. The summed E-state index contributed by atoms with van der Waals surface area (Å²) in [6, 6.07) is 0. The van der Waals surface area contributed by atoms with Crippen molar-refractivity contribution in [1.29, 1.82) is 0 Å². The van der Waals surface area contributed by atoms with Gasteiger partial charge in [-0.05, 0) is 26.7 Å². The molecule has 0 saturated carbocycles. The number of aliphatic carboxylic acids is 1. The number of rotatable bonds is 5.